The second-order valence-corrected chi connectivity index (χ2v) is 9.55. The van der Waals surface area contributed by atoms with Gasteiger partial charge in [0.05, 0.1) is 19.3 Å². The second-order valence-electron chi connectivity index (χ2n) is 9.17. The van der Waals surface area contributed by atoms with Crippen molar-refractivity contribution in [2.24, 2.45) is 9.98 Å². The lowest BCUT2D eigenvalue weighted by atomic mass is 10.0. The summed E-state index contributed by atoms with van der Waals surface area (Å²) in [6.45, 7) is 7.89. The van der Waals surface area contributed by atoms with Gasteiger partial charge in [-0.3, -0.25) is 19.1 Å². The van der Waals surface area contributed by atoms with E-state index in [2.05, 4.69) is 38.1 Å². The summed E-state index contributed by atoms with van der Waals surface area (Å²) in [5.41, 5.74) is 3.27. The lowest BCUT2D eigenvalue weighted by Gasteiger charge is -2.34. The number of fused-ring (bicyclic) bond motifs is 3. The van der Waals surface area contributed by atoms with E-state index in [1.165, 1.54) is 6.08 Å². The Balaban J connectivity index is 1.58. The molecular weight excluding hydrogens is 508 g/mol. The number of nitrogens with one attached hydrogen (secondary N) is 1. The van der Waals surface area contributed by atoms with Gasteiger partial charge in [0, 0.05) is 76.0 Å². The smallest absolute Gasteiger partial charge is 0.246 e. The minimum absolute atomic E-state index is 0.0214. The van der Waals surface area contributed by atoms with Crippen LogP contribution in [0.1, 0.15) is 17.8 Å². The molecule has 1 N–H and O–H groups in total. The number of ether oxygens (including phenoxy) is 2. The number of guanidine groups is 1. The molecule has 38 heavy (non-hydrogen) atoms. The molecule has 1 fully saturated rings. The molecule has 3 aliphatic rings. The number of carbonyl (C=O) groups is 1. The van der Waals surface area contributed by atoms with Crippen molar-refractivity contribution in [3.05, 3.63) is 63.4 Å². The standard InChI is InChI=1S/C26H31ClN8O3/c1-5-22(36)34-10-8-33(9-11-34)7-6-21-31-32-25-19(18-13-17(37-3)14-20(38-4)23(18)27)12-16-15-29-26(28-2)30-24(16)35(21)25/h5,12,14H,1,6-11,13,15H2,2-4H3,(H,28,29). The third-order valence-electron chi connectivity index (χ3n) is 7.09. The summed E-state index contributed by atoms with van der Waals surface area (Å²) in [7, 11) is 4.93. The van der Waals surface area contributed by atoms with Gasteiger partial charge in [-0.05, 0) is 17.7 Å². The van der Waals surface area contributed by atoms with Gasteiger partial charge < -0.3 is 19.7 Å². The molecule has 1 aliphatic carbocycles. The minimum Gasteiger partial charge on any atom is -0.501 e. The molecule has 1 amide bonds. The Labute approximate surface area is 225 Å². The number of piperazine rings is 1. The van der Waals surface area contributed by atoms with Crippen molar-refractivity contribution in [3.8, 4) is 0 Å². The molecule has 0 radical (unpaired) electrons. The summed E-state index contributed by atoms with van der Waals surface area (Å²) < 4.78 is 13.1. The van der Waals surface area contributed by atoms with Crippen LogP contribution in [0.5, 0.6) is 0 Å². The highest BCUT2D eigenvalue weighted by atomic mass is 35.5. The average molecular weight is 539 g/mol. The van der Waals surface area contributed by atoms with Crippen LogP contribution in [-0.2, 0) is 27.2 Å². The van der Waals surface area contributed by atoms with Crippen molar-refractivity contribution in [2.75, 3.05) is 54.0 Å². The number of nitrogens with zero attached hydrogens (tertiary/aromatic N) is 7. The van der Waals surface area contributed by atoms with Gasteiger partial charge in [0.25, 0.3) is 0 Å². The number of carbonyl (C=O) groups excluding carboxylic acids is 1. The molecule has 4 heterocycles. The molecule has 200 valence electrons. The first-order valence-corrected chi connectivity index (χ1v) is 12.9. The van der Waals surface area contributed by atoms with Gasteiger partial charge in [-0.25, -0.2) is 0 Å². The fourth-order valence-electron chi connectivity index (χ4n) is 4.97. The molecule has 0 aromatic carbocycles. The maximum Gasteiger partial charge on any atom is 0.246 e. The highest BCUT2D eigenvalue weighted by Crippen LogP contribution is 2.33. The van der Waals surface area contributed by atoms with Crippen LogP contribution >= 0.6 is 11.6 Å². The zero-order valence-corrected chi connectivity index (χ0v) is 22.6. The fourth-order valence-corrected chi connectivity index (χ4v) is 5.27. The highest BCUT2D eigenvalue weighted by molar-refractivity contribution is 6.36. The van der Waals surface area contributed by atoms with E-state index in [0.717, 1.165) is 53.1 Å². The second kappa shape index (κ2) is 11.0. The predicted molar refractivity (Wildman–Crippen MR) is 144 cm³/mol. The Kier molecular flexibility index (Phi) is 7.48. The van der Waals surface area contributed by atoms with Gasteiger partial charge in [-0.2, -0.15) is 4.99 Å². The van der Waals surface area contributed by atoms with E-state index in [9.17, 15) is 4.79 Å². The maximum absolute atomic E-state index is 11.9. The number of allylic oxidation sites excluding steroid dienone is 3. The van der Waals surface area contributed by atoms with E-state index in [1.807, 2.05) is 9.30 Å². The van der Waals surface area contributed by atoms with Crippen molar-refractivity contribution < 1.29 is 14.3 Å². The molecule has 2 aromatic heterocycles. The van der Waals surface area contributed by atoms with Crippen LogP contribution in [0.15, 0.2) is 51.3 Å². The van der Waals surface area contributed by atoms with Crippen LogP contribution in [0, 0.1) is 0 Å². The average Bonchev–Trinajstić information content (AvgIpc) is 3.40. The Morgan fingerprint density at radius 1 is 1.24 bits per heavy atom. The molecule has 0 spiro atoms. The summed E-state index contributed by atoms with van der Waals surface area (Å²) >= 11 is 6.81. The van der Waals surface area contributed by atoms with Crippen molar-refractivity contribution >= 4 is 34.7 Å². The third-order valence-corrected chi connectivity index (χ3v) is 7.51. The number of aliphatic imine (C=N–C) groups is 1. The van der Waals surface area contributed by atoms with Crippen LogP contribution < -0.4 is 16.0 Å². The molecular formula is C26H31ClN8O3. The summed E-state index contributed by atoms with van der Waals surface area (Å²) in [6, 6.07) is 2.06. The van der Waals surface area contributed by atoms with Gasteiger partial charge in [0.15, 0.2) is 5.65 Å². The Bertz CT molecular complexity index is 1500. The van der Waals surface area contributed by atoms with Gasteiger partial charge >= 0.3 is 0 Å². The lowest BCUT2D eigenvalue weighted by molar-refractivity contribution is -0.127. The number of aromatic nitrogens is 3. The third kappa shape index (κ3) is 4.79. The first kappa shape index (κ1) is 25.9. The molecule has 11 nitrogen and oxygen atoms in total. The monoisotopic (exact) mass is 538 g/mol. The number of pyridine rings is 1. The Morgan fingerprint density at radius 2 is 2.03 bits per heavy atom. The van der Waals surface area contributed by atoms with Gasteiger partial charge in [0.2, 0.25) is 11.9 Å². The van der Waals surface area contributed by atoms with Crippen LogP contribution in [0.3, 0.4) is 0 Å². The molecule has 2 aromatic rings. The summed E-state index contributed by atoms with van der Waals surface area (Å²) in [5.74, 6) is 2.62. The van der Waals surface area contributed by atoms with Crippen molar-refractivity contribution in [2.45, 2.75) is 19.4 Å². The van der Waals surface area contributed by atoms with Crippen LogP contribution in [0.2, 0.25) is 0 Å². The van der Waals surface area contributed by atoms with E-state index in [1.54, 1.807) is 27.3 Å². The largest absolute Gasteiger partial charge is 0.501 e. The first-order valence-electron chi connectivity index (χ1n) is 12.5. The topological polar surface area (TPSA) is 109 Å². The number of rotatable bonds is 6. The Morgan fingerprint density at radius 3 is 2.71 bits per heavy atom. The van der Waals surface area contributed by atoms with E-state index in [0.29, 0.717) is 54.9 Å². The predicted octanol–water partition coefficient (Wildman–Crippen LogP) is 0.492. The first-order chi connectivity index (χ1) is 18.5. The summed E-state index contributed by atoms with van der Waals surface area (Å²) in [6.07, 6.45) is 4.34. The molecule has 12 heteroatoms. The van der Waals surface area contributed by atoms with Gasteiger partial charge in [-0.1, -0.05) is 18.2 Å². The van der Waals surface area contributed by atoms with E-state index >= 15 is 0 Å². The van der Waals surface area contributed by atoms with Crippen LogP contribution in [0.25, 0.3) is 11.2 Å². The van der Waals surface area contributed by atoms with E-state index < -0.39 is 0 Å². The molecule has 0 atom stereocenters. The SMILES string of the molecule is C=CC(=O)N1CCN(CCc2nnc3c(=C4CC(OC)=CC(OC)=C4Cl)cc4c(n23)=NC(=NC)NC4)CC1. The van der Waals surface area contributed by atoms with Crippen molar-refractivity contribution in [1.82, 2.24) is 29.7 Å². The highest BCUT2D eigenvalue weighted by Gasteiger charge is 2.24. The van der Waals surface area contributed by atoms with Gasteiger partial charge in [0.1, 0.15) is 22.8 Å². The van der Waals surface area contributed by atoms with E-state index in [4.69, 9.17) is 26.1 Å². The number of amides is 1. The number of methoxy groups -OCH3 is 2. The lowest BCUT2D eigenvalue weighted by Crippen LogP contribution is -2.48. The number of halogens is 1. The molecule has 5 rings (SSSR count). The van der Waals surface area contributed by atoms with Crippen molar-refractivity contribution in [1.29, 1.82) is 0 Å². The summed E-state index contributed by atoms with van der Waals surface area (Å²) in [4.78, 5) is 25.1. The Hall–Kier alpha value is -3.70. The zero-order chi connectivity index (χ0) is 26.8. The molecule has 0 saturated carbocycles. The van der Waals surface area contributed by atoms with E-state index in [-0.39, 0.29) is 5.91 Å². The number of hydrogen-bond donors (Lipinski definition) is 1. The van der Waals surface area contributed by atoms with Gasteiger partial charge in [-0.15, -0.1) is 10.2 Å². The molecule has 0 unspecified atom stereocenters. The maximum atomic E-state index is 11.9. The minimum atomic E-state index is -0.0214. The molecule has 2 aliphatic heterocycles. The normalized spacial score (nSPS) is 20.6. The van der Waals surface area contributed by atoms with Crippen LogP contribution in [0.4, 0.5) is 0 Å². The van der Waals surface area contributed by atoms with Crippen LogP contribution in [-0.4, -0.2) is 90.3 Å². The molecule has 1 saturated heterocycles. The summed E-state index contributed by atoms with van der Waals surface area (Å²) in [5, 5.41) is 13.8. The number of hydrogen-bond acceptors (Lipinski definition) is 7. The zero-order valence-electron chi connectivity index (χ0n) is 21.8. The van der Waals surface area contributed by atoms with Crippen molar-refractivity contribution in [3.63, 3.8) is 0 Å². The quantitative estimate of drug-likeness (QED) is 0.533. The molecule has 0 bridgehead atoms. The fraction of sp³-hybridized carbons (Fsp3) is 0.423.